The standard InChI is InChI=1S/C21H26FN3O/c1-3-24(18-11-12-18)20-6-4-5-16(13-20)14-25(21(26)15(2)23)19-9-7-17(22)8-10-19/h4-10,13,15,18H,3,11-12,14,23H2,1-2H3/t15-/m0/s1. The van der Waals surface area contributed by atoms with E-state index in [0.717, 1.165) is 12.1 Å². The van der Waals surface area contributed by atoms with Gasteiger partial charge in [0.15, 0.2) is 0 Å². The molecule has 1 atom stereocenters. The first-order chi connectivity index (χ1) is 12.5. The van der Waals surface area contributed by atoms with Gasteiger partial charge in [-0.25, -0.2) is 4.39 Å². The molecular formula is C21H26FN3O. The summed E-state index contributed by atoms with van der Waals surface area (Å²) in [5.74, 6) is -0.511. The molecule has 0 saturated heterocycles. The zero-order chi connectivity index (χ0) is 18.7. The van der Waals surface area contributed by atoms with E-state index in [9.17, 15) is 9.18 Å². The van der Waals surface area contributed by atoms with E-state index in [1.807, 2.05) is 12.1 Å². The van der Waals surface area contributed by atoms with Crippen molar-refractivity contribution in [1.82, 2.24) is 0 Å². The zero-order valence-electron chi connectivity index (χ0n) is 15.4. The first-order valence-corrected chi connectivity index (χ1v) is 9.17. The second-order valence-corrected chi connectivity index (χ2v) is 6.88. The maximum Gasteiger partial charge on any atom is 0.243 e. The highest BCUT2D eigenvalue weighted by molar-refractivity contribution is 5.96. The van der Waals surface area contributed by atoms with Crippen LogP contribution in [-0.2, 0) is 11.3 Å². The van der Waals surface area contributed by atoms with Crippen molar-refractivity contribution in [1.29, 1.82) is 0 Å². The molecule has 2 N–H and O–H groups in total. The van der Waals surface area contributed by atoms with E-state index in [4.69, 9.17) is 5.73 Å². The molecule has 1 aliphatic rings. The Morgan fingerprint density at radius 2 is 1.88 bits per heavy atom. The Balaban J connectivity index is 1.86. The van der Waals surface area contributed by atoms with Crippen molar-refractivity contribution in [3.63, 3.8) is 0 Å². The molecule has 0 spiro atoms. The summed E-state index contributed by atoms with van der Waals surface area (Å²) in [4.78, 5) is 16.6. The number of anilines is 2. The molecule has 1 amide bonds. The van der Waals surface area contributed by atoms with Gasteiger partial charge in [0.1, 0.15) is 5.82 Å². The van der Waals surface area contributed by atoms with Crippen LogP contribution in [0.4, 0.5) is 15.8 Å². The molecule has 3 rings (SSSR count). The lowest BCUT2D eigenvalue weighted by Crippen LogP contribution is -2.41. The summed E-state index contributed by atoms with van der Waals surface area (Å²) in [5, 5.41) is 0. The average molecular weight is 355 g/mol. The summed E-state index contributed by atoms with van der Waals surface area (Å²) in [6, 6.07) is 14.2. The summed E-state index contributed by atoms with van der Waals surface area (Å²) in [6.07, 6.45) is 2.48. The number of nitrogens with two attached hydrogens (primary N) is 1. The minimum Gasteiger partial charge on any atom is -0.369 e. The van der Waals surface area contributed by atoms with Crippen molar-refractivity contribution in [3.05, 3.63) is 59.9 Å². The second-order valence-electron chi connectivity index (χ2n) is 6.88. The van der Waals surface area contributed by atoms with E-state index in [1.54, 1.807) is 24.0 Å². The Morgan fingerprint density at radius 3 is 2.46 bits per heavy atom. The van der Waals surface area contributed by atoms with Gasteiger partial charge in [0.25, 0.3) is 0 Å². The highest BCUT2D eigenvalue weighted by Gasteiger charge is 2.28. The molecule has 0 heterocycles. The highest BCUT2D eigenvalue weighted by atomic mass is 19.1. The van der Waals surface area contributed by atoms with E-state index in [2.05, 4.69) is 24.0 Å². The SMILES string of the molecule is CCN(c1cccc(CN(C(=O)[C@H](C)N)c2ccc(F)cc2)c1)C1CC1. The largest absolute Gasteiger partial charge is 0.369 e. The van der Waals surface area contributed by atoms with E-state index >= 15 is 0 Å². The fourth-order valence-corrected chi connectivity index (χ4v) is 3.22. The quantitative estimate of drug-likeness (QED) is 0.824. The number of carbonyl (C=O) groups excluding carboxylic acids is 1. The summed E-state index contributed by atoms with van der Waals surface area (Å²) < 4.78 is 13.3. The summed E-state index contributed by atoms with van der Waals surface area (Å²) >= 11 is 0. The molecule has 1 aliphatic carbocycles. The molecule has 0 bridgehead atoms. The molecule has 2 aromatic rings. The lowest BCUT2D eigenvalue weighted by Gasteiger charge is -2.27. The van der Waals surface area contributed by atoms with Gasteiger partial charge < -0.3 is 15.5 Å². The van der Waals surface area contributed by atoms with E-state index < -0.39 is 6.04 Å². The Kier molecular flexibility index (Phi) is 5.57. The molecule has 26 heavy (non-hydrogen) atoms. The van der Waals surface area contributed by atoms with E-state index in [-0.39, 0.29) is 11.7 Å². The third-order valence-electron chi connectivity index (χ3n) is 4.71. The van der Waals surface area contributed by atoms with Crippen LogP contribution in [0.25, 0.3) is 0 Å². The smallest absolute Gasteiger partial charge is 0.243 e. The van der Waals surface area contributed by atoms with Crippen LogP contribution in [0.3, 0.4) is 0 Å². The average Bonchev–Trinajstić information content (AvgIpc) is 3.46. The molecule has 1 saturated carbocycles. The number of rotatable bonds is 7. The van der Waals surface area contributed by atoms with Crippen LogP contribution in [0.2, 0.25) is 0 Å². The minimum absolute atomic E-state index is 0.184. The van der Waals surface area contributed by atoms with Crippen molar-refractivity contribution in [3.8, 4) is 0 Å². The topological polar surface area (TPSA) is 49.6 Å². The molecule has 5 heteroatoms. The van der Waals surface area contributed by atoms with Crippen LogP contribution in [0, 0.1) is 5.82 Å². The van der Waals surface area contributed by atoms with Gasteiger partial charge in [-0.3, -0.25) is 4.79 Å². The maximum atomic E-state index is 13.3. The third-order valence-corrected chi connectivity index (χ3v) is 4.71. The number of nitrogens with zero attached hydrogens (tertiary/aromatic N) is 2. The molecule has 4 nitrogen and oxygen atoms in total. The molecule has 1 fully saturated rings. The summed E-state index contributed by atoms with van der Waals surface area (Å²) in [5.41, 5.74) is 8.69. The molecule has 0 aliphatic heterocycles. The monoisotopic (exact) mass is 355 g/mol. The number of carbonyl (C=O) groups is 1. The Bertz CT molecular complexity index is 756. The van der Waals surface area contributed by atoms with Crippen molar-refractivity contribution in [2.45, 2.75) is 45.3 Å². The number of hydrogen-bond acceptors (Lipinski definition) is 3. The molecule has 0 aromatic heterocycles. The second kappa shape index (κ2) is 7.87. The van der Waals surface area contributed by atoms with Crippen LogP contribution in [0.5, 0.6) is 0 Å². The number of halogens is 1. The third kappa shape index (κ3) is 4.22. The molecular weight excluding hydrogens is 329 g/mol. The number of amides is 1. The molecule has 138 valence electrons. The van der Waals surface area contributed by atoms with Crippen molar-refractivity contribution in [2.24, 2.45) is 5.73 Å². The van der Waals surface area contributed by atoms with Gasteiger partial charge in [-0.05, 0) is 68.7 Å². The van der Waals surface area contributed by atoms with Crippen molar-refractivity contribution >= 4 is 17.3 Å². The van der Waals surface area contributed by atoms with Crippen molar-refractivity contribution in [2.75, 3.05) is 16.3 Å². The molecule has 2 aromatic carbocycles. The summed E-state index contributed by atoms with van der Waals surface area (Å²) in [6.45, 7) is 5.20. The Hall–Kier alpha value is -2.40. The van der Waals surface area contributed by atoms with Gasteiger partial charge >= 0.3 is 0 Å². The lowest BCUT2D eigenvalue weighted by atomic mass is 10.1. The zero-order valence-corrected chi connectivity index (χ0v) is 15.4. The summed E-state index contributed by atoms with van der Waals surface area (Å²) in [7, 11) is 0. The van der Waals surface area contributed by atoms with Gasteiger partial charge in [0, 0.05) is 24.0 Å². The predicted molar refractivity (Wildman–Crippen MR) is 104 cm³/mol. The van der Waals surface area contributed by atoms with Crippen LogP contribution >= 0.6 is 0 Å². The van der Waals surface area contributed by atoms with Crippen molar-refractivity contribution < 1.29 is 9.18 Å². The van der Waals surface area contributed by atoms with Gasteiger partial charge in [-0.1, -0.05) is 12.1 Å². The van der Waals surface area contributed by atoms with Gasteiger partial charge in [0.2, 0.25) is 5.91 Å². The van der Waals surface area contributed by atoms with Gasteiger partial charge in [0.05, 0.1) is 12.6 Å². The first-order valence-electron chi connectivity index (χ1n) is 9.17. The Morgan fingerprint density at radius 1 is 1.19 bits per heavy atom. The van der Waals surface area contributed by atoms with Crippen LogP contribution in [0.1, 0.15) is 32.3 Å². The Labute approximate surface area is 154 Å². The normalized spacial score (nSPS) is 14.8. The first kappa shape index (κ1) is 18.4. The number of hydrogen-bond donors (Lipinski definition) is 1. The molecule has 0 radical (unpaired) electrons. The highest BCUT2D eigenvalue weighted by Crippen LogP contribution is 2.32. The van der Waals surface area contributed by atoms with Crippen LogP contribution in [-0.4, -0.2) is 24.5 Å². The van der Waals surface area contributed by atoms with E-state index in [1.165, 1.54) is 30.7 Å². The molecule has 0 unspecified atom stereocenters. The number of benzene rings is 2. The minimum atomic E-state index is -0.623. The lowest BCUT2D eigenvalue weighted by molar-refractivity contribution is -0.119. The van der Waals surface area contributed by atoms with Crippen LogP contribution < -0.4 is 15.5 Å². The fraction of sp³-hybridized carbons (Fsp3) is 0.381. The van der Waals surface area contributed by atoms with E-state index in [0.29, 0.717) is 18.3 Å². The predicted octanol–water partition coefficient (Wildman–Crippen LogP) is 3.69. The van der Waals surface area contributed by atoms with Crippen LogP contribution in [0.15, 0.2) is 48.5 Å². The van der Waals surface area contributed by atoms with Gasteiger partial charge in [-0.2, -0.15) is 0 Å². The van der Waals surface area contributed by atoms with Gasteiger partial charge in [-0.15, -0.1) is 0 Å². The fourth-order valence-electron chi connectivity index (χ4n) is 3.22. The maximum absolute atomic E-state index is 13.3.